The topological polar surface area (TPSA) is 61.9 Å². The Morgan fingerprint density at radius 1 is 1.03 bits per heavy atom. The molecule has 0 aromatic heterocycles. The van der Waals surface area contributed by atoms with Crippen molar-refractivity contribution in [1.29, 1.82) is 0 Å². The highest BCUT2D eigenvalue weighted by molar-refractivity contribution is 5.95. The lowest BCUT2D eigenvalue weighted by atomic mass is 10.0. The fraction of sp³-hybridized carbons (Fsp3) is 0.391. The SMILES string of the molecule is CC(=O)N1CC(C(=O)NC2CCN(Cc3ccccc3)CC2)Oc2ccccc21. The quantitative estimate of drug-likeness (QED) is 0.867. The number of carbonyl (C=O) groups is 2. The second-order valence-corrected chi connectivity index (χ2v) is 7.75. The highest BCUT2D eigenvalue weighted by Gasteiger charge is 2.33. The molecule has 4 rings (SSSR count). The van der Waals surface area contributed by atoms with E-state index in [1.54, 1.807) is 11.0 Å². The predicted octanol–water partition coefficient (Wildman–Crippen LogP) is 2.58. The minimum Gasteiger partial charge on any atom is -0.477 e. The molecule has 6 nitrogen and oxygen atoms in total. The Balaban J connectivity index is 1.32. The van der Waals surface area contributed by atoms with Gasteiger partial charge in [-0.3, -0.25) is 14.5 Å². The highest BCUT2D eigenvalue weighted by atomic mass is 16.5. The molecule has 2 heterocycles. The fourth-order valence-corrected chi connectivity index (χ4v) is 4.04. The maximum atomic E-state index is 12.8. The average molecular weight is 393 g/mol. The van der Waals surface area contributed by atoms with E-state index in [0.29, 0.717) is 5.75 Å². The summed E-state index contributed by atoms with van der Waals surface area (Å²) < 4.78 is 5.90. The Labute approximate surface area is 171 Å². The first-order valence-electron chi connectivity index (χ1n) is 10.2. The molecule has 0 spiro atoms. The molecule has 1 saturated heterocycles. The van der Waals surface area contributed by atoms with Crippen molar-refractivity contribution >= 4 is 17.5 Å². The molecule has 2 aromatic carbocycles. The van der Waals surface area contributed by atoms with Crippen LogP contribution in [0.5, 0.6) is 5.75 Å². The molecule has 2 aliphatic rings. The van der Waals surface area contributed by atoms with E-state index < -0.39 is 6.10 Å². The van der Waals surface area contributed by atoms with Crippen LogP contribution in [-0.4, -0.2) is 48.5 Å². The number of benzene rings is 2. The van der Waals surface area contributed by atoms with Crippen molar-refractivity contribution in [3.63, 3.8) is 0 Å². The van der Waals surface area contributed by atoms with E-state index in [-0.39, 0.29) is 24.4 Å². The van der Waals surface area contributed by atoms with Gasteiger partial charge in [-0.2, -0.15) is 0 Å². The van der Waals surface area contributed by atoms with Gasteiger partial charge in [-0.25, -0.2) is 0 Å². The zero-order chi connectivity index (χ0) is 20.2. The molecule has 1 atom stereocenters. The first-order valence-corrected chi connectivity index (χ1v) is 10.2. The van der Waals surface area contributed by atoms with Crippen molar-refractivity contribution < 1.29 is 14.3 Å². The third-order valence-electron chi connectivity index (χ3n) is 5.63. The van der Waals surface area contributed by atoms with Gasteiger partial charge in [0, 0.05) is 32.6 Å². The first kappa shape index (κ1) is 19.5. The standard InChI is InChI=1S/C23H27N3O3/c1-17(27)26-16-22(29-21-10-6-5-9-20(21)26)23(28)24-19-11-13-25(14-12-19)15-18-7-3-2-4-8-18/h2-10,19,22H,11-16H2,1H3,(H,24,28). The molecule has 2 amide bonds. The number of anilines is 1. The Kier molecular flexibility index (Phi) is 5.81. The summed E-state index contributed by atoms with van der Waals surface area (Å²) in [5, 5.41) is 3.13. The molecule has 0 saturated carbocycles. The van der Waals surface area contributed by atoms with E-state index in [9.17, 15) is 9.59 Å². The van der Waals surface area contributed by atoms with Crippen LogP contribution < -0.4 is 15.0 Å². The minimum absolute atomic E-state index is 0.0900. The minimum atomic E-state index is -0.684. The van der Waals surface area contributed by atoms with E-state index in [1.165, 1.54) is 12.5 Å². The van der Waals surface area contributed by atoms with E-state index in [1.807, 2.05) is 24.3 Å². The monoisotopic (exact) mass is 393 g/mol. The summed E-state index contributed by atoms with van der Waals surface area (Å²) >= 11 is 0. The number of hydrogen-bond acceptors (Lipinski definition) is 4. The van der Waals surface area contributed by atoms with Gasteiger partial charge in [0.25, 0.3) is 5.91 Å². The van der Waals surface area contributed by atoms with Crippen molar-refractivity contribution in [1.82, 2.24) is 10.2 Å². The maximum Gasteiger partial charge on any atom is 0.263 e. The average Bonchev–Trinajstić information content (AvgIpc) is 2.75. The van der Waals surface area contributed by atoms with Crippen molar-refractivity contribution in [2.75, 3.05) is 24.5 Å². The summed E-state index contributed by atoms with van der Waals surface area (Å²) in [5.74, 6) is 0.340. The molecule has 1 N–H and O–H groups in total. The number of hydrogen-bond donors (Lipinski definition) is 1. The van der Waals surface area contributed by atoms with Crippen LogP contribution in [0.1, 0.15) is 25.3 Å². The van der Waals surface area contributed by atoms with E-state index in [2.05, 4.69) is 34.5 Å². The van der Waals surface area contributed by atoms with Gasteiger partial charge in [-0.1, -0.05) is 42.5 Å². The number of nitrogens with one attached hydrogen (secondary N) is 1. The maximum absolute atomic E-state index is 12.8. The summed E-state index contributed by atoms with van der Waals surface area (Å²) in [6.07, 6.45) is 1.15. The lowest BCUT2D eigenvalue weighted by molar-refractivity contribution is -0.129. The summed E-state index contributed by atoms with van der Waals surface area (Å²) in [4.78, 5) is 28.9. The molecule has 29 heavy (non-hydrogen) atoms. The van der Waals surface area contributed by atoms with Crippen molar-refractivity contribution in [3.8, 4) is 5.75 Å². The van der Waals surface area contributed by atoms with Crippen LogP contribution in [0.15, 0.2) is 54.6 Å². The summed E-state index contributed by atoms with van der Waals surface area (Å²) in [6.45, 7) is 4.60. The largest absolute Gasteiger partial charge is 0.477 e. The van der Waals surface area contributed by atoms with Gasteiger partial charge in [0.1, 0.15) is 5.75 Å². The molecule has 0 bridgehead atoms. The van der Waals surface area contributed by atoms with Gasteiger partial charge in [0.05, 0.1) is 12.2 Å². The molecule has 1 fully saturated rings. The molecule has 6 heteroatoms. The lowest BCUT2D eigenvalue weighted by Gasteiger charge is -2.36. The van der Waals surface area contributed by atoms with Crippen LogP contribution in [0.3, 0.4) is 0 Å². The number of amides is 2. The normalized spacial score (nSPS) is 19.9. The van der Waals surface area contributed by atoms with E-state index in [0.717, 1.165) is 38.2 Å². The Morgan fingerprint density at radius 2 is 1.72 bits per heavy atom. The number of carbonyl (C=O) groups excluding carboxylic acids is 2. The van der Waals surface area contributed by atoms with E-state index in [4.69, 9.17) is 4.74 Å². The molecular weight excluding hydrogens is 366 g/mol. The molecular formula is C23H27N3O3. The van der Waals surface area contributed by atoms with Crippen molar-refractivity contribution in [3.05, 3.63) is 60.2 Å². The summed E-state index contributed by atoms with van der Waals surface area (Å²) in [7, 11) is 0. The third-order valence-corrected chi connectivity index (χ3v) is 5.63. The van der Waals surface area contributed by atoms with Crippen molar-refractivity contribution in [2.24, 2.45) is 0 Å². The van der Waals surface area contributed by atoms with Crippen LogP contribution >= 0.6 is 0 Å². The van der Waals surface area contributed by atoms with Gasteiger partial charge >= 0.3 is 0 Å². The fourth-order valence-electron chi connectivity index (χ4n) is 4.04. The molecule has 0 radical (unpaired) electrons. The zero-order valence-corrected chi connectivity index (χ0v) is 16.7. The third kappa shape index (κ3) is 4.59. The number of fused-ring (bicyclic) bond motifs is 1. The molecule has 2 aromatic rings. The Hall–Kier alpha value is -2.86. The number of nitrogens with zero attached hydrogens (tertiary/aromatic N) is 2. The van der Waals surface area contributed by atoms with Crippen LogP contribution in [0, 0.1) is 0 Å². The van der Waals surface area contributed by atoms with Gasteiger partial charge in [-0.15, -0.1) is 0 Å². The molecule has 0 aliphatic carbocycles. The highest BCUT2D eigenvalue weighted by Crippen LogP contribution is 2.33. The van der Waals surface area contributed by atoms with Crippen LogP contribution in [0.25, 0.3) is 0 Å². The Morgan fingerprint density at radius 3 is 2.45 bits per heavy atom. The number of ether oxygens (including phenoxy) is 1. The van der Waals surface area contributed by atoms with Crippen LogP contribution in [0.2, 0.25) is 0 Å². The van der Waals surface area contributed by atoms with E-state index >= 15 is 0 Å². The molecule has 152 valence electrons. The van der Waals surface area contributed by atoms with Crippen LogP contribution in [0.4, 0.5) is 5.69 Å². The second-order valence-electron chi connectivity index (χ2n) is 7.75. The van der Waals surface area contributed by atoms with Gasteiger partial charge < -0.3 is 15.0 Å². The molecule has 2 aliphatic heterocycles. The summed E-state index contributed by atoms with van der Waals surface area (Å²) in [5.41, 5.74) is 2.03. The second kappa shape index (κ2) is 8.66. The zero-order valence-electron chi connectivity index (χ0n) is 16.7. The number of para-hydroxylation sites is 2. The number of piperidine rings is 1. The van der Waals surface area contributed by atoms with Gasteiger partial charge in [-0.05, 0) is 30.5 Å². The summed E-state index contributed by atoms with van der Waals surface area (Å²) in [6, 6.07) is 17.9. The predicted molar refractivity (Wildman–Crippen MR) is 112 cm³/mol. The molecule has 1 unspecified atom stereocenters. The number of likely N-dealkylation sites (tertiary alicyclic amines) is 1. The van der Waals surface area contributed by atoms with Gasteiger partial charge in [0.2, 0.25) is 5.91 Å². The smallest absolute Gasteiger partial charge is 0.263 e. The Bertz CT molecular complexity index is 863. The van der Waals surface area contributed by atoms with Crippen LogP contribution in [-0.2, 0) is 16.1 Å². The lowest BCUT2D eigenvalue weighted by Crippen LogP contribution is -2.53. The van der Waals surface area contributed by atoms with Crippen molar-refractivity contribution in [2.45, 2.75) is 38.5 Å². The number of rotatable bonds is 4. The van der Waals surface area contributed by atoms with Gasteiger partial charge in [0.15, 0.2) is 6.10 Å². The first-order chi connectivity index (χ1) is 14.1.